The van der Waals surface area contributed by atoms with E-state index in [9.17, 15) is 4.79 Å². The molecule has 0 unspecified atom stereocenters. The van der Waals surface area contributed by atoms with E-state index in [0.717, 1.165) is 0 Å². The van der Waals surface area contributed by atoms with Crippen molar-refractivity contribution in [1.29, 1.82) is 5.26 Å². The highest BCUT2D eigenvalue weighted by molar-refractivity contribution is 5.89. The topological polar surface area (TPSA) is 74.7 Å². The van der Waals surface area contributed by atoms with Crippen LogP contribution in [0.15, 0.2) is 24.4 Å². The molecule has 2 aromatic heterocycles. The molecule has 80 valence electrons. The Labute approximate surface area is 91.1 Å². The van der Waals surface area contributed by atoms with E-state index in [0.29, 0.717) is 16.8 Å². The quantitative estimate of drug-likeness (QED) is 0.825. The Kier molecular flexibility index (Phi) is 2.25. The van der Waals surface area contributed by atoms with Crippen molar-refractivity contribution >= 4 is 11.5 Å². The molecule has 2 heterocycles. The van der Waals surface area contributed by atoms with E-state index in [1.165, 1.54) is 17.6 Å². The molecule has 5 heteroatoms. The molecule has 0 amide bonds. The van der Waals surface area contributed by atoms with E-state index in [1.54, 1.807) is 18.3 Å². The third kappa shape index (κ3) is 1.37. The Hall–Kier alpha value is -2.48. The fraction of sp³-hybridized carbons (Fsp3) is 0.0909. The number of aromatic nitrogens is 1. The zero-order valence-electron chi connectivity index (χ0n) is 8.47. The zero-order chi connectivity index (χ0) is 11.7. The van der Waals surface area contributed by atoms with Crippen LogP contribution in [-0.2, 0) is 0 Å². The lowest BCUT2D eigenvalue weighted by molar-refractivity contribution is 0.0689. The Bertz CT molecular complexity index is 607. The number of aromatic carboxylic acids is 1. The normalized spacial score (nSPS) is 10.0. The van der Waals surface area contributed by atoms with Crippen LogP contribution in [0.3, 0.4) is 0 Å². The van der Waals surface area contributed by atoms with Gasteiger partial charge in [-0.15, -0.1) is 0 Å². The Morgan fingerprint density at radius 1 is 1.56 bits per heavy atom. The summed E-state index contributed by atoms with van der Waals surface area (Å²) in [5.41, 5.74) is 0.907. The van der Waals surface area contributed by atoms with Crippen LogP contribution >= 0.6 is 0 Å². The number of carboxylic acid groups (broad SMARTS) is 1. The fourth-order valence-corrected chi connectivity index (χ4v) is 1.56. The van der Waals surface area contributed by atoms with Gasteiger partial charge in [0.2, 0.25) is 0 Å². The van der Waals surface area contributed by atoms with Gasteiger partial charge in [0.15, 0.2) is 0 Å². The number of nitriles is 1. The molecular formula is C11H8N2O3. The first-order valence-electron chi connectivity index (χ1n) is 4.50. The third-order valence-corrected chi connectivity index (χ3v) is 2.32. The third-order valence-electron chi connectivity index (χ3n) is 2.32. The zero-order valence-corrected chi connectivity index (χ0v) is 8.47. The molecule has 0 spiro atoms. The van der Waals surface area contributed by atoms with Crippen molar-refractivity contribution < 1.29 is 14.6 Å². The van der Waals surface area contributed by atoms with Crippen LogP contribution < -0.4 is 4.74 Å². The lowest BCUT2D eigenvalue weighted by atomic mass is 10.2. The van der Waals surface area contributed by atoms with E-state index >= 15 is 0 Å². The molecule has 0 atom stereocenters. The molecule has 0 aliphatic rings. The van der Waals surface area contributed by atoms with Crippen molar-refractivity contribution in [2.24, 2.45) is 0 Å². The Morgan fingerprint density at radius 2 is 2.31 bits per heavy atom. The summed E-state index contributed by atoms with van der Waals surface area (Å²) >= 11 is 0. The van der Waals surface area contributed by atoms with Gasteiger partial charge in [-0.3, -0.25) is 0 Å². The molecule has 0 fully saturated rings. The largest absolute Gasteiger partial charge is 0.497 e. The summed E-state index contributed by atoms with van der Waals surface area (Å²) in [6.07, 6.45) is 1.57. The fourth-order valence-electron chi connectivity index (χ4n) is 1.56. The van der Waals surface area contributed by atoms with Gasteiger partial charge in [-0.1, -0.05) is 0 Å². The highest BCUT2D eigenvalue weighted by atomic mass is 16.5. The first-order valence-corrected chi connectivity index (χ1v) is 4.50. The molecule has 0 aliphatic carbocycles. The molecule has 0 aromatic carbocycles. The second-order valence-corrected chi connectivity index (χ2v) is 3.18. The summed E-state index contributed by atoms with van der Waals surface area (Å²) in [7, 11) is 1.51. The highest BCUT2D eigenvalue weighted by Crippen LogP contribution is 2.21. The van der Waals surface area contributed by atoms with Gasteiger partial charge in [0.1, 0.15) is 17.5 Å². The minimum Gasteiger partial charge on any atom is -0.497 e. The molecule has 5 nitrogen and oxygen atoms in total. The Balaban J connectivity index is 2.80. The molecule has 2 aromatic rings. The maximum absolute atomic E-state index is 10.9. The minimum absolute atomic E-state index is 0.0641. The molecule has 1 N–H and O–H groups in total. The van der Waals surface area contributed by atoms with Crippen molar-refractivity contribution in [1.82, 2.24) is 4.40 Å². The van der Waals surface area contributed by atoms with Crippen molar-refractivity contribution in [3.8, 4) is 11.8 Å². The first kappa shape index (κ1) is 10.1. The second-order valence-electron chi connectivity index (χ2n) is 3.18. The second kappa shape index (κ2) is 3.59. The van der Waals surface area contributed by atoms with E-state index in [-0.39, 0.29) is 5.69 Å². The highest BCUT2D eigenvalue weighted by Gasteiger charge is 2.14. The van der Waals surface area contributed by atoms with Gasteiger partial charge >= 0.3 is 5.97 Å². The average Bonchev–Trinajstić information content (AvgIpc) is 2.66. The van der Waals surface area contributed by atoms with Gasteiger partial charge in [-0.05, 0) is 12.1 Å². The maximum atomic E-state index is 10.9. The molecule has 0 saturated heterocycles. The number of hydrogen-bond acceptors (Lipinski definition) is 3. The van der Waals surface area contributed by atoms with Crippen molar-refractivity contribution in [3.63, 3.8) is 0 Å². The number of ether oxygens (including phenoxy) is 1. The standard InChI is InChI=1S/C11H8N2O3/c1-16-8-2-3-13-9(5-8)7(6-12)4-10(13)11(14)15/h2-5H,1H3,(H,14,15). The van der Waals surface area contributed by atoms with Crippen LogP contribution in [0, 0.1) is 11.3 Å². The molecule has 0 radical (unpaired) electrons. The minimum atomic E-state index is -1.07. The average molecular weight is 216 g/mol. The monoisotopic (exact) mass is 216 g/mol. The summed E-state index contributed by atoms with van der Waals surface area (Å²) in [4.78, 5) is 10.9. The molecule has 2 rings (SSSR count). The smallest absolute Gasteiger partial charge is 0.352 e. The number of pyridine rings is 1. The molecule has 0 saturated carbocycles. The predicted molar refractivity (Wildman–Crippen MR) is 55.6 cm³/mol. The molecule has 0 aliphatic heterocycles. The van der Waals surface area contributed by atoms with Gasteiger partial charge in [0.25, 0.3) is 0 Å². The van der Waals surface area contributed by atoms with Gasteiger partial charge in [0.05, 0.1) is 18.2 Å². The summed E-state index contributed by atoms with van der Waals surface area (Å²) in [6.45, 7) is 0. The summed E-state index contributed by atoms with van der Waals surface area (Å²) in [5.74, 6) is -0.485. The van der Waals surface area contributed by atoms with Crippen LogP contribution in [-0.4, -0.2) is 22.6 Å². The summed E-state index contributed by atoms with van der Waals surface area (Å²) < 4.78 is 6.47. The van der Waals surface area contributed by atoms with E-state index in [2.05, 4.69) is 0 Å². The number of carbonyl (C=O) groups is 1. The number of methoxy groups -OCH3 is 1. The summed E-state index contributed by atoms with van der Waals surface area (Å²) in [6, 6.07) is 6.57. The van der Waals surface area contributed by atoms with Crippen molar-refractivity contribution in [3.05, 3.63) is 35.7 Å². The lowest BCUT2D eigenvalue weighted by Gasteiger charge is -2.02. The van der Waals surface area contributed by atoms with Crippen LogP contribution in [0.1, 0.15) is 16.1 Å². The van der Waals surface area contributed by atoms with E-state index < -0.39 is 5.97 Å². The molecular weight excluding hydrogens is 208 g/mol. The first-order chi connectivity index (χ1) is 7.67. The van der Waals surface area contributed by atoms with Gasteiger partial charge < -0.3 is 14.2 Å². The van der Waals surface area contributed by atoms with Crippen LogP contribution in [0.2, 0.25) is 0 Å². The Morgan fingerprint density at radius 3 is 2.88 bits per heavy atom. The van der Waals surface area contributed by atoms with Gasteiger partial charge in [0, 0.05) is 12.3 Å². The van der Waals surface area contributed by atoms with E-state index in [4.69, 9.17) is 15.1 Å². The number of rotatable bonds is 2. The van der Waals surface area contributed by atoms with Crippen LogP contribution in [0.5, 0.6) is 5.75 Å². The van der Waals surface area contributed by atoms with E-state index in [1.807, 2.05) is 6.07 Å². The lowest BCUT2D eigenvalue weighted by Crippen LogP contribution is -2.00. The van der Waals surface area contributed by atoms with Gasteiger partial charge in [-0.25, -0.2) is 4.79 Å². The number of nitrogens with zero attached hydrogens (tertiary/aromatic N) is 2. The maximum Gasteiger partial charge on any atom is 0.352 e. The number of carboxylic acids is 1. The number of hydrogen-bond donors (Lipinski definition) is 1. The SMILES string of the molecule is COc1ccn2c(C(=O)O)cc(C#N)c2c1. The predicted octanol–water partition coefficient (Wildman–Crippen LogP) is 1.52. The van der Waals surface area contributed by atoms with Crippen molar-refractivity contribution in [2.45, 2.75) is 0 Å². The molecule has 16 heavy (non-hydrogen) atoms. The van der Waals surface area contributed by atoms with Gasteiger partial charge in [-0.2, -0.15) is 5.26 Å². The summed E-state index contributed by atoms with van der Waals surface area (Å²) in [5, 5.41) is 17.9. The van der Waals surface area contributed by atoms with Crippen LogP contribution in [0.25, 0.3) is 5.52 Å². The number of fused-ring (bicyclic) bond motifs is 1. The van der Waals surface area contributed by atoms with Crippen LogP contribution in [0.4, 0.5) is 0 Å². The molecule has 0 bridgehead atoms. The van der Waals surface area contributed by atoms with Crippen molar-refractivity contribution in [2.75, 3.05) is 7.11 Å².